The van der Waals surface area contributed by atoms with Gasteiger partial charge in [0.25, 0.3) is 5.91 Å². The van der Waals surface area contributed by atoms with Gasteiger partial charge in [-0.2, -0.15) is 0 Å². The summed E-state index contributed by atoms with van der Waals surface area (Å²) in [6.45, 7) is 7.70. The van der Waals surface area contributed by atoms with Crippen molar-refractivity contribution in [3.05, 3.63) is 47.8 Å². The van der Waals surface area contributed by atoms with Crippen LogP contribution in [0, 0.1) is 6.92 Å². The Hall–Kier alpha value is -2.47. The molecule has 2 fully saturated rings. The third kappa shape index (κ3) is 3.87. The first-order valence-electron chi connectivity index (χ1n) is 10.2. The van der Waals surface area contributed by atoms with Crippen molar-refractivity contribution in [2.24, 2.45) is 0 Å². The van der Waals surface area contributed by atoms with Gasteiger partial charge in [0.05, 0.1) is 12.8 Å². The van der Waals surface area contributed by atoms with Crippen molar-refractivity contribution in [2.45, 2.75) is 25.8 Å². The number of ether oxygens (including phenoxy) is 1. The SMILES string of the molecule is COc1ccccc1N1CCN([C@@H]2CCCN(C(=O)c3cc(C)c[nH]3)C2)CC1. The Balaban J connectivity index is 1.36. The van der Waals surface area contributed by atoms with Crippen molar-refractivity contribution >= 4 is 11.6 Å². The van der Waals surface area contributed by atoms with Gasteiger partial charge in [-0.05, 0) is 43.5 Å². The van der Waals surface area contributed by atoms with Gasteiger partial charge in [0.15, 0.2) is 0 Å². The smallest absolute Gasteiger partial charge is 0.270 e. The van der Waals surface area contributed by atoms with E-state index in [0.717, 1.165) is 57.0 Å². The van der Waals surface area contributed by atoms with Gasteiger partial charge in [0.1, 0.15) is 11.4 Å². The fourth-order valence-electron chi connectivity index (χ4n) is 4.45. The Morgan fingerprint density at radius 1 is 1.14 bits per heavy atom. The highest BCUT2D eigenvalue weighted by molar-refractivity contribution is 5.92. The number of anilines is 1. The average Bonchev–Trinajstić information content (AvgIpc) is 3.19. The van der Waals surface area contributed by atoms with Crippen LogP contribution in [0.4, 0.5) is 5.69 Å². The number of methoxy groups -OCH3 is 1. The van der Waals surface area contributed by atoms with Crippen LogP contribution in [0.15, 0.2) is 36.5 Å². The van der Waals surface area contributed by atoms with E-state index in [1.807, 2.05) is 36.2 Å². The molecule has 2 aromatic rings. The summed E-state index contributed by atoms with van der Waals surface area (Å²) in [6.07, 6.45) is 4.14. The maximum absolute atomic E-state index is 12.8. The normalized spacial score (nSPS) is 21.0. The van der Waals surface area contributed by atoms with E-state index in [4.69, 9.17) is 4.74 Å². The molecule has 4 rings (SSSR count). The van der Waals surface area contributed by atoms with Crippen molar-refractivity contribution in [1.29, 1.82) is 0 Å². The summed E-state index contributed by atoms with van der Waals surface area (Å²) in [6, 6.07) is 10.6. The van der Waals surface area contributed by atoms with Crippen molar-refractivity contribution in [3.8, 4) is 5.75 Å². The molecule has 1 aromatic carbocycles. The van der Waals surface area contributed by atoms with Crippen molar-refractivity contribution in [1.82, 2.24) is 14.8 Å². The molecule has 1 aromatic heterocycles. The van der Waals surface area contributed by atoms with Crippen molar-refractivity contribution in [3.63, 3.8) is 0 Å². The number of aromatic nitrogens is 1. The number of piperidine rings is 1. The second kappa shape index (κ2) is 8.27. The van der Waals surface area contributed by atoms with Crippen LogP contribution in [-0.2, 0) is 0 Å². The number of carbonyl (C=O) groups excluding carboxylic acids is 1. The molecule has 2 aliphatic heterocycles. The Kier molecular flexibility index (Phi) is 5.57. The average molecular weight is 383 g/mol. The molecule has 1 amide bonds. The van der Waals surface area contributed by atoms with Crippen LogP contribution in [0.2, 0.25) is 0 Å². The van der Waals surface area contributed by atoms with E-state index in [1.165, 1.54) is 12.1 Å². The molecule has 0 unspecified atom stereocenters. The van der Waals surface area contributed by atoms with Crippen molar-refractivity contribution in [2.75, 3.05) is 51.3 Å². The number of aromatic amines is 1. The fraction of sp³-hybridized carbons (Fsp3) is 0.500. The van der Waals surface area contributed by atoms with Crippen LogP contribution >= 0.6 is 0 Å². The van der Waals surface area contributed by atoms with Gasteiger partial charge in [0.2, 0.25) is 0 Å². The first-order chi connectivity index (χ1) is 13.7. The number of likely N-dealkylation sites (tertiary alicyclic amines) is 1. The van der Waals surface area contributed by atoms with Gasteiger partial charge in [-0.25, -0.2) is 0 Å². The van der Waals surface area contributed by atoms with E-state index >= 15 is 0 Å². The summed E-state index contributed by atoms with van der Waals surface area (Å²) >= 11 is 0. The van der Waals surface area contributed by atoms with Crippen LogP contribution in [0.5, 0.6) is 5.75 Å². The molecule has 1 N–H and O–H groups in total. The maximum Gasteiger partial charge on any atom is 0.270 e. The zero-order chi connectivity index (χ0) is 19.5. The molecule has 2 saturated heterocycles. The number of piperazine rings is 1. The fourth-order valence-corrected chi connectivity index (χ4v) is 4.45. The minimum atomic E-state index is 0.130. The number of nitrogens with one attached hydrogen (secondary N) is 1. The molecule has 6 nitrogen and oxygen atoms in total. The molecule has 3 heterocycles. The molecule has 1 atom stereocenters. The number of aryl methyl sites for hydroxylation is 1. The Morgan fingerprint density at radius 2 is 1.93 bits per heavy atom. The summed E-state index contributed by atoms with van der Waals surface area (Å²) in [7, 11) is 1.73. The summed E-state index contributed by atoms with van der Waals surface area (Å²) in [5.41, 5.74) is 2.98. The quantitative estimate of drug-likeness (QED) is 0.884. The number of hydrogen-bond donors (Lipinski definition) is 1. The van der Waals surface area contributed by atoms with E-state index in [0.29, 0.717) is 11.7 Å². The number of nitrogens with zero attached hydrogens (tertiary/aromatic N) is 3. The maximum atomic E-state index is 12.8. The highest BCUT2D eigenvalue weighted by Crippen LogP contribution is 2.29. The van der Waals surface area contributed by atoms with Gasteiger partial charge in [-0.1, -0.05) is 12.1 Å². The van der Waals surface area contributed by atoms with E-state index in [2.05, 4.69) is 26.9 Å². The monoisotopic (exact) mass is 382 g/mol. The van der Waals surface area contributed by atoms with Gasteiger partial charge < -0.3 is 19.5 Å². The number of H-pyrrole nitrogens is 1. The molecule has 6 heteroatoms. The lowest BCUT2D eigenvalue weighted by Gasteiger charge is -2.44. The Labute approximate surface area is 167 Å². The molecule has 0 spiro atoms. The number of carbonyl (C=O) groups is 1. The first kappa shape index (κ1) is 18.9. The van der Waals surface area contributed by atoms with Gasteiger partial charge in [-0.15, -0.1) is 0 Å². The van der Waals surface area contributed by atoms with E-state index in [9.17, 15) is 4.79 Å². The first-order valence-corrected chi connectivity index (χ1v) is 10.2. The zero-order valence-electron chi connectivity index (χ0n) is 16.9. The number of rotatable bonds is 4. The van der Waals surface area contributed by atoms with Crippen LogP contribution in [0.1, 0.15) is 28.9 Å². The number of benzene rings is 1. The minimum Gasteiger partial charge on any atom is -0.495 e. The molecular weight excluding hydrogens is 352 g/mol. The Morgan fingerprint density at radius 3 is 2.64 bits per heavy atom. The number of hydrogen-bond acceptors (Lipinski definition) is 4. The molecule has 2 aliphatic rings. The topological polar surface area (TPSA) is 51.8 Å². The molecule has 0 saturated carbocycles. The highest BCUT2D eigenvalue weighted by atomic mass is 16.5. The van der Waals surface area contributed by atoms with E-state index in [-0.39, 0.29) is 5.91 Å². The van der Waals surface area contributed by atoms with Crippen LogP contribution in [-0.4, -0.2) is 73.1 Å². The minimum absolute atomic E-state index is 0.130. The molecule has 0 radical (unpaired) electrons. The van der Waals surface area contributed by atoms with Gasteiger partial charge >= 0.3 is 0 Å². The number of amides is 1. The molecule has 28 heavy (non-hydrogen) atoms. The lowest BCUT2D eigenvalue weighted by Crippen LogP contribution is -2.56. The van der Waals surface area contributed by atoms with E-state index < -0.39 is 0 Å². The van der Waals surface area contributed by atoms with E-state index in [1.54, 1.807) is 7.11 Å². The summed E-state index contributed by atoms with van der Waals surface area (Å²) < 4.78 is 5.52. The summed E-state index contributed by atoms with van der Waals surface area (Å²) in [4.78, 5) is 22.9. The van der Waals surface area contributed by atoms with Crippen molar-refractivity contribution < 1.29 is 9.53 Å². The van der Waals surface area contributed by atoms with Crippen LogP contribution in [0.3, 0.4) is 0 Å². The lowest BCUT2D eigenvalue weighted by atomic mass is 10.0. The predicted octanol–water partition coefficient (Wildman–Crippen LogP) is 2.76. The summed E-state index contributed by atoms with van der Waals surface area (Å²) in [5.74, 6) is 1.07. The van der Waals surface area contributed by atoms with Crippen LogP contribution < -0.4 is 9.64 Å². The predicted molar refractivity (Wildman–Crippen MR) is 111 cm³/mol. The third-order valence-electron chi connectivity index (χ3n) is 6.00. The largest absolute Gasteiger partial charge is 0.495 e. The molecule has 150 valence electrons. The van der Waals surface area contributed by atoms with Gasteiger partial charge in [0, 0.05) is 51.5 Å². The standard InChI is InChI=1S/C22H30N4O2/c1-17-14-19(23-15-17)22(27)26-9-5-6-18(16-26)24-10-12-25(13-11-24)20-7-3-4-8-21(20)28-2/h3-4,7-8,14-15,18,23H,5-6,9-13,16H2,1-2H3/t18-/m1/s1. The molecule has 0 aliphatic carbocycles. The second-order valence-electron chi connectivity index (χ2n) is 7.83. The second-order valence-corrected chi connectivity index (χ2v) is 7.83. The summed E-state index contributed by atoms with van der Waals surface area (Å²) in [5, 5.41) is 0. The highest BCUT2D eigenvalue weighted by Gasteiger charge is 2.31. The number of para-hydroxylation sites is 2. The molecule has 0 bridgehead atoms. The lowest BCUT2D eigenvalue weighted by molar-refractivity contribution is 0.0558. The molecular formula is C22H30N4O2. The van der Waals surface area contributed by atoms with Crippen LogP contribution in [0.25, 0.3) is 0 Å². The third-order valence-corrected chi connectivity index (χ3v) is 6.00. The zero-order valence-corrected chi connectivity index (χ0v) is 16.9. The Bertz CT molecular complexity index is 810. The van der Waals surface area contributed by atoms with Gasteiger partial charge in [-0.3, -0.25) is 9.69 Å².